The van der Waals surface area contributed by atoms with Crippen molar-refractivity contribution >= 4 is 23.5 Å². The normalized spacial score (nSPS) is 19.8. The molecular formula is C19H26N4O3. The summed E-state index contributed by atoms with van der Waals surface area (Å²) in [5.41, 5.74) is 2.68. The largest absolute Gasteiger partial charge is 0.371 e. The molecule has 0 spiro atoms. The predicted molar refractivity (Wildman–Crippen MR) is 98.9 cm³/mol. The molecule has 1 aromatic rings. The number of carbonyl (C=O) groups is 3. The van der Waals surface area contributed by atoms with Crippen LogP contribution < -0.4 is 10.2 Å². The number of hydrogen-bond acceptors (Lipinski definition) is 4. The lowest BCUT2D eigenvalue weighted by Gasteiger charge is -2.31. The van der Waals surface area contributed by atoms with E-state index in [1.807, 2.05) is 0 Å². The molecule has 1 aromatic carbocycles. The lowest BCUT2D eigenvalue weighted by molar-refractivity contribution is -0.131. The lowest BCUT2D eigenvalue weighted by Crippen LogP contribution is -2.38. The molecule has 4 amide bonds. The van der Waals surface area contributed by atoms with Crippen molar-refractivity contribution in [3.05, 3.63) is 29.8 Å². The van der Waals surface area contributed by atoms with Crippen LogP contribution in [0.15, 0.2) is 24.3 Å². The average Bonchev–Trinajstić information content (AvgIpc) is 2.83. The highest BCUT2D eigenvalue weighted by Gasteiger charge is 2.41. The van der Waals surface area contributed by atoms with Gasteiger partial charge in [0.1, 0.15) is 6.04 Å². The summed E-state index contributed by atoms with van der Waals surface area (Å²) in [5.74, 6) is -0.519. The summed E-state index contributed by atoms with van der Waals surface area (Å²) in [7, 11) is 2.99. The van der Waals surface area contributed by atoms with Crippen molar-refractivity contribution in [2.75, 3.05) is 38.6 Å². The summed E-state index contributed by atoms with van der Waals surface area (Å²) in [6, 6.07) is 7.41. The molecule has 0 bridgehead atoms. The van der Waals surface area contributed by atoms with Crippen LogP contribution in [-0.4, -0.2) is 67.4 Å². The molecule has 0 saturated carbocycles. The Morgan fingerprint density at radius 1 is 1.23 bits per heavy atom. The van der Waals surface area contributed by atoms with E-state index in [9.17, 15) is 14.4 Å². The van der Waals surface area contributed by atoms with Gasteiger partial charge in [0.15, 0.2) is 0 Å². The summed E-state index contributed by atoms with van der Waals surface area (Å²) in [4.78, 5) is 40.6. The summed E-state index contributed by atoms with van der Waals surface area (Å²) in [6.45, 7) is 2.49. The van der Waals surface area contributed by atoms with E-state index in [4.69, 9.17) is 0 Å². The van der Waals surface area contributed by atoms with Gasteiger partial charge in [-0.1, -0.05) is 18.2 Å². The Morgan fingerprint density at radius 2 is 2.00 bits per heavy atom. The maximum Gasteiger partial charge on any atom is 0.326 e. The van der Waals surface area contributed by atoms with Gasteiger partial charge in [-0.15, -0.1) is 0 Å². The van der Waals surface area contributed by atoms with Gasteiger partial charge in [-0.05, 0) is 30.9 Å². The van der Waals surface area contributed by atoms with Crippen LogP contribution in [0.1, 0.15) is 24.8 Å². The second-order valence-corrected chi connectivity index (χ2v) is 6.93. The van der Waals surface area contributed by atoms with Crippen molar-refractivity contribution < 1.29 is 14.4 Å². The number of rotatable bonds is 6. The molecular weight excluding hydrogens is 332 g/mol. The Hall–Kier alpha value is -2.57. The average molecular weight is 358 g/mol. The van der Waals surface area contributed by atoms with Crippen molar-refractivity contribution in [1.29, 1.82) is 0 Å². The van der Waals surface area contributed by atoms with E-state index < -0.39 is 6.04 Å². The number of aryl methyl sites for hydroxylation is 1. The Balaban J connectivity index is 1.43. The molecule has 2 aliphatic heterocycles. The zero-order valence-corrected chi connectivity index (χ0v) is 15.4. The first-order chi connectivity index (χ1) is 12.5. The van der Waals surface area contributed by atoms with Crippen molar-refractivity contribution in [2.24, 2.45) is 0 Å². The number of likely N-dealkylation sites (N-methyl/N-ethyl adjacent to an activating group) is 2. The molecule has 1 fully saturated rings. The number of nitrogens with one attached hydrogen (secondary N) is 1. The van der Waals surface area contributed by atoms with Gasteiger partial charge in [-0.2, -0.15) is 0 Å². The van der Waals surface area contributed by atoms with E-state index in [1.54, 1.807) is 7.05 Å². The first kappa shape index (κ1) is 18.2. The maximum absolute atomic E-state index is 12.1. The zero-order chi connectivity index (χ0) is 18.7. The first-order valence-electron chi connectivity index (χ1n) is 9.13. The van der Waals surface area contributed by atoms with Gasteiger partial charge in [0, 0.05) is 39.4 Å². The Bertz CT molecular complexity index is 706. The second-order valence-electron chi connectivity index (χ2n) is 6.93. The van der Waals surface area contributed by atoms with E-state index in [-0.39, 0.29) is 24.3 Å². The number of para-hydroxylation sites is 1. The van der Waals surface area contributed by atoms with Crippen LogP contribution in [0.5, 0.6) is 0 Å². The molecule has 2 aliphatic rings. The molecule has 1 saturated heterocycles. The fourth-order valence-corrected chi connectivity index (χ4v) is 3.67. The molecule has 1 N–H and O–H groups in total. The Morgan fingerprint density at radius 3 is 2.73 bits per heavy atom. The summed E-state index contributed by atoms with van der Waals surface area (Å²) in [5, 5.41) is 2.87. The summed E-state index contributed by atoms with van der Waals surface area (Å²) < 4.78 is 0. The minimum absolute atomic E-state index is 0.0119. The number of nitrogens with zero attached hydrogens (tertiary/aromatic N) is 3. The maximum atomic E-state index is 12.1. The number of fused-ring (bicyclic) bond motifs is 1. The Labute approximate surface area is 153 Å². The lowest BCUT2D eigenvalue weighted by atomic mass is 10.0. The third kappa shape index (κ3) is 3.66. The van der Waals surface area contributed by atoms with E-state index in [2.05, 4.69) is 34.5 Å². The summed E-state index contributed by atoms with van der Waals surface area (Å²) in [6.07, 6.45) is 3.13. The van der Waals surface area contributed by atoms with Gasteiger partial charge < -0.3 is 15.1 Å². The molecule has 2 heterocycles. The molecule has 26 heavy (non-hydrogen) atoms. The number of carbonyl (C=O) groups excluding carboxylic acids is 3. The van der Waals surface area contributed by atoms with Gasteiger partial charge in [0.05, 0.1) is 6.42 Å². The topological polar surface area (TPSA) is 73.0 Å². The number of benzene rings is 1. The van der Waals surface area contributed by atoms with Crippen LogP contribution in [0.25, 0.3) is 0 Å². The van der Waals surface area contributed by atoms with Gasteiger partial charge in [-0.25, -0.2) is 4.79 Å². The highest BCUT2D eigenvalue weighted by atomic mass is 16.2. The van der Waals surface area contributed by atoms with Crippen LogP contribution in [0, 0.1) is 0 Å². The standard InChI is InChI=1S/C19H26N4O3/c1-21-16(18(25)22(2)19(21)26)13-17(24)20-10-6-12-23-11-5-8-14-7-3-4-9-15(14)23/h3-4,7,9,16H,5-6,8,10-13H2,1-2H3,(H,20,24). The minimum atomic E-state index is -0.693. The van der Waals surface area contributed by atoms with Crippen LogP contribution in [-0.2, 0) is 16.0 Å². The van der Waals surface area contributed by atoms with Gasteiger partial charge in [0.2, 0.25) is 5.91 Å². The van der Waals surface area contributed by atoms with Crippen molar-refractivity contribution in [2.45, 2.75) is 31.7 Å². The third-order valence-corrected chi connectivity index (χ3v) is 5.18. The number of urea groups is 1. The second kappa shape index (κ2) is 7.76. The molecule has 3 rings (SSSR count). The van der Waals surface area contributed by atoms with Gasteiger partial charge in [-0.3, -0.25) is 14.5 Å². The minimum Gasteiger partial charge on any atom is -0.371 e. The van der Waals surface area contributed by atoms with Crippen molar-refractivity contribution in [1.82, 2.24) is 15.1 Å². The molecule has 0 radical (unpaired) electrons. The molecule has 7 heteroatoms. The molecule has 7 nitrogen and oxygen atoms in total. The van der Waals surface area contributed by atoms with Gasteiger partial charge >= 0.3 is 6.03 Å². The fourth-order valence-electron chi connectivity index (χ4n) is 3.67. The number of amides is 4. The van der Waals surface area contributed by atoms with Crippen molar-refractivity contribution in [3.63, 3.8) is 0 Å². The van der Waals surface area contributed by atoms with Crippen LogP contribution >= 0.6 is 0 Å². The highest BCUT2D eigenvalue weighted by Crippen LogP contribution is 2.26. The van der Waals surface area contributed by atoms with Crippen LogP contribution in [0.3, 0.4) is 0 Å². The summed E-state index contributed by atoms with van der Waals surface area (Å²) >= 11 is 0. The SMILES string of the molecule is CN1C(=O)C(CC(=O)NCCCN2CCCc3ccccc32)N(C)C1=O. The number of imide groups is 1. The van der Waals surface area contributed by atoms with Crippen LogP contribution in [0.2, 0.25) is 0 Å². The van der Waals surface area contributed by atoms with E-state index >= 15 is 0 Å². The third-order valence-electron chi connectivity index (χ3n) is 5.18. The number of hydrogen-bond donors (Lipinski definition) is 1. The fraction of sp³-hybridized carbons (Fsp3) is 0.526. The molecule has 1 unspecified atom stereocenters. The first-order valence-corrected chi connectivity index (χ1v) is 9.13. The Kier molecular flexibility index (Phi) is 5.44. The van der Waals surface area contributed by atoms with E-state index in [0.717, 1.165) is 37.3 Å². The predicted octanol–water partition coefficient (Wildman–Crippen LogP) is 1.23. The molecule has 0 aliphatic carbocycles. The van der Waals surface area contributed by atoms with Gasteiger partial charge in [0.25, 0.3) is 5.91 Å². The monoisotopic (exact) mass is 358 g/mol. The molecule has 140 valence electrons. The van der Waals surface area contributed by atoms with Crippen LogP contribution in [0.4, 0.5) is 10.5 Å². The van der Waals surface area contributed by atoms with Crippen molar-refractivity contribution in [3.8, 4) is 0 Å². The number of anilines is 1. The zero-order valence-electron chi connectivity index (χ0n) is 15.4. The molecule has 0 aromatic heterocycles. The highest BCUT2D eigenvalue weighted by molar-refractivity contribution is 6.05. The van der Waals surface area contributed by atoms with E-state index in [1.165, 1.54) is 23.2 Å². The smallest absolute Gasteiger partial charge is 0.326 e. The quantitative estimate of drug-likeness (QED) is 0.613. The molecule has 1 atom stereocenters. The van der Waals surface area contributed by atoms with E-state index in [0.29, 0.717) is 6.54 Å².